The monoisotopic (exact) mass is 447 g/mol. The van der Waals surface area contributed by atoms with Crippen LogP contribution in [0, 0.1) is 6.92 Å². The van der Waals surface area contributed by atoms with Crippen LogP contribution in [0.3, 0.4) is 0 Å². The van der Waals surface area contributed by atoms with Crippen molar-refractivity contribution in [3.8, 4) is 5.75 Å². The molecule has 2 aliphatic rings. The summed E-state index contributed by atoms with van der Waals surface area (Å²) in [6, 6.07) is 16.2. The van der Waals surface area contributed by atoms with Gasteiger partial charge in [-0.15, -0.1) is 12.4 Å². The molecule has 164 valence electrons. The summed E-state index contributed by atoms with van der Waals surface area (Å²) < 4.78 is 6.28. The summed E-state index contributed by atoms with van der Waals surface area (Å²) in [5.41, 5.74) is 4.01. The Balaban J connectivity index is 0.00000256. The first-order valence-corrected chi connectivity index (χ1v) is 11.8. The largest absolute Gasteiger partial charge is 0.475 e. The van der Waals surface area contributed by atoms with Gasteiger partial charge in [-0.1, -0.05) is 61.5 Å². The van der Waals surface area contributed by atoms with Crippen LogP contribution in [0.5, 0.6) is 5.75 Å². The molecule has 5 heteroatoms. The molecule has 3 nitrogen and oxygen atoms in total. The van der Waals surface area contributed by atoms with Crippen LogP contribution >= 0.6 is 24.2 Å². The molecule has 0 radical (unpaired) electrons. The topological polar surface area (TPSA) is 32.7 Å². The SMILES string of the molecule is CCC1(CC)Oc2ccc(C3CCC(CCc4ccc(C)cc4)N3CO)cc2S1.Cl. The molecule has 4 rings (SSSR count). The maximum Gasteiger partial charge on any atom is 0.158 e. The van der Waals surface area contributed by atoms with Gasteiger partial charge in [-0.05, 0) is 68.7 Å². The third-order valence-corrected chi connectivity index (χ3v) is 8.29. The highest BCUT2D eigenvalue weighted by atomic mass is 35.5. The number of benzene rings is 2. The molecule has 1 fully saturated rings. The molecule has 2 aliphatic heterocycles. The van der Waals surface area contributed by atoms with Crippen LogP contribution in [0.25, 0.3) is 0 Å². The molecule has 2 heterocycles. The van der Waals surface area contributed by atoms with Gasteiger partial charge in [0.1, 0.15) is 5.75 Å². The molecule has 0 saturated carbocycles. The third-order valence-electron chi connectivity index (χ3n) is 6.71. The molecule has 0 aliphatic carbocycles. The first-order chi connectivity index (χ1) is 14.1. The van der Waals surface area contributed by atoms with Crippen LogP contribution in [0.1, 0.15) is 68.7 Å². The van der Waals surface area contributed by atoms with E-state index in [0.29, 0.717) is 12.1 Å². The van der Waals surface area contributed by atoms with E-state index in [2.05, 4.69) is 68.1 Å². The second-order valence-corrected chi connectivity index (χ2v) is 9.84. The van der Waals surface area contributed by atoms with Gasteiger partial charge in [-0.2, -0.15) is 0 Å². The van der Waals surface area contributed by atoms with Crippen molar-refractivity contribution < 1.29 is 9.84 Å². The average Bonchev–Trinajstić information content (AvgIpc) is 3.33. The van der Waals surface area contributed by atoms with Gasteiger partial charge in [0.05, 0.1) is 11.6 Å². The highest BCUT2D eigenvalue weighted by Gasteiger charge is 2.39. The number of fused-ring (bicyclic) bond motifs is 1. The number of likely N-dealkylation sites (tertiary alicyclic amines) is 1. The Kier molecular flexibility index (Phi) is 7.78. The lowest BCUT2D eigenvalue weighted by Crippen LogP contribution is -2.32. The van der Waals surface area contributed by atoms with Crippen molar-refractivity contribution in [1.29, 1.82) is 0 Å². The number of aliphatic hydroxyl groups is 1. The van der Waals surface area contributed by atoms with E-state index in [1.54, 1.807) is 0 Å². The van der Waals surface area contributed by atoms with Crippen molar-refractivity contribution in [2.24, 2.45) is 0 Å². The number of thioether (sulfide) groups is 1. The van der Waals surface area contributed by atoms with Gasteiger partial charge in [-0.3, -0.25) is 4.90 Å². The van der Waals surface area contributed by atoms with E-state index in [1.807, 2.05) is 11.8 Å². The highest BCUT2D eigenvalue weighted by molar-refractivity contribution is 8.00. The fourth-order valence-corrected chi connectivity index (χ4v) is 5.99. The molecule has 0 spiro atoms. The van der Waals surface area contributed by atoms with Crippen LogP contribution in [0.15, 0.2) is 47.4 Å². The standard InChI is InChI=1S/C25H33NO2S.ClH/c1-4-25(5-2)28-23-15-11-20(16-24(23)29-25)22-14-13-21(26(22)17-27)12-10-19-8-6-18(3)7-9-19;/h6-9,11,15-16,21-22,27H,4-5,10,12-14,17H2,1-3H3;1H. The van der Waals surface area contributed by atoms with Gasteiger partial charge >= 0.3 is 0 Å². The molecule has 1 N–H and O–H groups in total. The van der Waals surface area contributed by atoms with E-state index in [0.717, 1.165) is 44.3 Å². The van der Waals surface area contributed by atoms with E-state index in [4.69, 9.17) is 4.74 Å². The number of hydrogen-bond donors (Lipinski definition) is 1. The fraction of sp³-hybridized carbons (Fsp3) is 0.520. The van der Waals surface area contributed by atoms with Gasteiger partial charge in [0, 0.05) is 12.1 Å². The van der Waals surface area contributed by atoms with E-state index in [-0.39, 0.29) is 24.1 Å². The zero-order valence-electron chi connectivity index (χ0n) is 18.3. The van der Waals surface area contributed by atoms with Gasteiger partial charge in [0.15, 0.2) is 4.93 Å². The molecule has 2 aromatic rings. The number of aliphatic hydroxyl groups excluding tert-OH is 1. The molecule has 30 heavy (non-hydrogen) atoms. The average molecular weight is 448 g/mol. The van der Waals surface area contributed by atoms with Gasteiger partial charge in [-0.25, -0.2) is 0 Å². The summed E-state index contributed by atoms with van der Waals surface area (Å²) in [6.45, 7) is 6.65. The van der Waals surface area contributed by atoms with Crippen LogP contribution < -0.4 is 4.74 Å². The summed E-state index contributed by atoms with van der Waals surface area (Å²) in [6.07, 6.45) is 6.42. The minimum Gasteiger partial charge on any atom is -0.475 e. The number of hydrogen-bond acceptors (Lipinski definition) is 4. The Bertz CT molecular complexity index is 838. The molecule has 2 atom stereocenters. The molecular weight excluding hydrogens is 414 g/mol. The van der Waals surface area contributed by atoms with E-state index >= 15 is 0 Å². The Labute approximate surface area is 191 Å². The fourth-order valence-electron chi connectivity index (χ4n) is 4.76. The molecule has 1 saturated heterocycles. The zero-order valence-corrected chi connectivity index (χ0v) is 19.9. The predicted octanol–water partition coefficient (Wildman–Crippen LogP) is 6.51. The van der Waals surface area contributed by atoms with Crippen molar-refractivity contribution in [2.75, 3.05) is 6.73 Å². The minimum absolute atomic E-state index is 0. The first-order valence-electron chi connectivity index (χ1n) is 11.0. The lowest BCUT2D eigenvalue weighted by Gasteiger charge is -2.28. The van der Waals surface area contributed by atoms with Crippen molar-refractivity contribution in [3.05, 3.63) is 59.2 Å². The van der Waals surface area contributed by atoms with E-state index in [9.17, 15) is 5.11 Å². The second-order valence-electron chi connectivity index (χ2n) is 8.45. The molecule has 0 aromatic heterocycles. The van der Waals surface area contributed by atoms with Crippen molar-refractivity contribution >= 4 is 24.2 Å². The molecular formula is C25H34ClNO2S. The Morgan fingerprint density at radius 2 is 1.83 bits per heavy atom. The van der Waals surface area contributed by atoms with Crippen molar-refractivity contribution in [1.82, 2.24) is 4.90 Å². The maximum atomic E-state index is 10.2. The second kappa shape index (κ2) is 9.95. The number of aryl methyl sites for hydroxylation is 2. The Morgan fingerprint density at radius 3 is 2.50 bits per heavy atom. The molecule has 2 aromatic carbocycles. The molecule has 2 unspecified atom stereocenters. The number of nitrogens with zero attached hydrogens (tertiary/aromatic N) is 1. The lowest BCUT2D eigenvalue weighted by molar-refractivity contribution is 0.0596. The maximum absolute atomic E-state index is 10.2. The number of ether oxygens (including phenoxy) is 1. The highest BCUT2D eigenvalue weighted by Crippen LogP contribution is 2.52. The van der Waals surface area contributed by atoms with Gasteiger partial charge < -0.3 is 9.84 Å². The number of halogens is 1. The van der Waals surface area contributed by atoms with Crippen LogP contribution in [0.2, 0.25) is 0 Å². The summed E-state index contributed by atoms with van der Waals surface area (Å²) in [4.78, 5) is 3.44. The van der Waals surface area contributed by atoms with Crippen molar-refractivity contribution in [2.45, 2.75) is 81.2 Å². The first kappa shape index (κ1) is 23.5. The summed E-state index contributed by atoms with van der Waals surface area (Å²) in [5.74, 6) is 1.02. The minimum atomic E-state index is -0.107. The normalized spacial score (nSPS) is 22.4. The smallest absolute Gasteiger partial charge is 0.158 e. The summed E-state index contributed by atoms with van der Waals surface area (Å²) in [7, 11) is 0. The molecule has 0 bridgehead atoms. The zero-order chi connectivity index (χ0) is 20.4. The summed E-state index contributed by atoms with van der Waals surface area (Å²) in [5, 5.41) is 10.2. The van der Waals surface area contributed by atoms with Crippen LogP contribution in [-0.2, 0) is 6.42 Å². The van der Waals surface area contributed by atoms with Crippen LogP contribution in [0.4, 0.5) is 0 Å². The van der Waals surface area contributed by atoms with Crippen molar-refractivity contribution in [3.63, 3.8) is 0 Å². The number of rotatable bonds is 7. The van der Waals surface area contributed by atoms with Gasteiger partial charge in [0.2, 0.25) is 0 Å². The third kappa shape index (κ3) is 4.67. The van der Waals surface area contributed by atoms with Crippen LogP contribution in [-0.4, -0.2) is 27.7 Å². The lowest BCUT2D eigenvalue weighted by atomic mass is 10.0. The molecule has 0 amide bonds. The quantitative estimate of drug-likeness (QED) is 0.524. The summed E-state index contributed by atoms with van der Waals surface area (Å²) >= 11 is 1.87. The van der Waals surface area contributed by atoms with E-state index < -0.39 is 0 Å². The van der Waals surface area contributed by atoms with Gasteiger partial charge in [0.25, 0.3) is 0 Å². The Hall–Kier alpha value is -1.20. The van der Waals surface area contributed by atoms with E-state index in [1.165, 1.54) is 21.6 Å². The Morgan fingerprint density at radius 1 is 1.10 bits per heavy atom. The predicted molar refractivity (Wildman–Crippen MR) is 128 cm³/mol.